The molecule has 125 heavy (non-hydrogen) atoms. The standard InChI is InChI=1S/C84H218O15Si26/c1-83(2)84(85)86-57-56-58-101(6,7)88-103(10,11)61-62-105(14,15)90-107(18,19)65-66-109(22,23)92-111(26,27)69-70-113(30,31)94-115(34,35)73-74-117(38,39)96-119(42,43)77-78-121(46,47)98-123(50,51)81-82-125(54,55)99-124(52,53)80-79-122(48,49)97-120(44,45)76-75-118(40,41)95-116(36,37)72-71-114(32,33)93-112(28,29)68-67-110(24,25)91-108(20,21)64-63-106(16,17)89-104(12,13)60-59-102(8,9)87-100(3,4)5/h1,56-82H2,2-55H3. The monoisotopic (exact) mass is 2200 g/mol. The smallest absolute Gasteiger partial charge is 0.333 e. The van der Waals surface area contributed by atoms with Gasteiger partial charge in [-0.15, -0.1) is 0 Å². The third-order valence-corrected chi connectivity index (χ3v) is 125. The Labute approximate surface area is 807 Å². The van der Waals surface area contributed by atoms with Crippen molar-refractivity contribution in [2.24, 2.45) is 0 Å². The van der Waals surface area contributed by atoms with Gasteiger partial charge in [0.1, 0.15) is 0 Å². The molecule has 0 aliphatic carbocycles. The van der Waals surface area contributed by atoms with Crippen LogP contribution in [0.15, 0.2) is 12.2 Å². The van der Waals surface area contributed by atoms with Crippen LogP contribution in [-0.2, 0) is 63.0 Å². The van der Waals surface area contributed by atoms with Crippen molar-refractivity contribution in [3.8, 4) is 0 Å². The SMILES string of the molecule is C=C(C)C(=O)OCCC[Si](C)(C)O[Si](C)(C)CC[Si](C)(C)O[Si](C)(C)CC[Si](C)(C)O[Si](C)(C)CC[Si](C)(C)O[Si](C)(C)CC[Si](C)(C)O[Si](C)(C)CC[Si](C)(C)O[Si](C)(C)CC[Si](C)(C)O[Si](C)(C)CC[Si](C)(C)O[Si](C)(C)CC[Si](C)(C)O[Si](C)(C)CC[Si](C)(C)O[Si](C)(C)CC[Si](C)(C)O[Si](C)(C)CC[Si](C)(C)O[Si](C)(C)CC[Si](C)(C)O[Si](C)(C)C. The molecule has 0 N–H and O–H groups in total. The second-order valence-corrected chi connectivity index (χ2v) is 171. The highest BCUT2D eigenvalue weighted by atomic mass is 28.5. The summed E-state index contributed by atoms with van der Waals surface area (Å²) in [6.45, 7) is 136. The Morgan fingerprint density at radius 2 is 0.248 bits per heavy atom. The number of hydrogen-bond donors (Lipinski definition) is 0. The highest BCUT2D eigenvalue weighted by Crippen LogP contribution is 2.42. The largest absolute Gasteiger partial charge is 0.462 e. The molecule has 0 bridgehead atoms. The molecule has 0 rings (SSSR count). The van der Waals surface area contributed by atoms with E-state index in [1.54, 1.807) is 6.92 Å². The first-order chi connectivity index (χ1) is 54.5. The molecular formula is C84H218O15Si26. The van der Waals surface area contributed by atoms with Gasteiger partial charge in [-0.1, -0.05) is 6.58 Å². The zero-order chi connectivity index (χ0) is 99.1. The number of ether oxygens (including phenoxy) is 1. The van der Waals surface area contributed by atoms with Crippen molar-refractivity contribution < 1.29 is 63.0 Å². The van der Waals surface area contributed by atoms with E-state index >= 15 is 0 Å². The van der Waals surface area contributed by atoms with Gasteiger partial charge in [-0.2, -0.15) is 0 Å². The van der Waals surface area contributed by atoms with Gasteiger partial charge in [0.25, 0.3) is 0 Å². The van der Waals surface area contributed by atoms with Gasteiger partial charge in [0, 0.05) is 5.57 Å². The lowest BCUT2D eigenvalue weighted by molar-refractivity contribution is -0.138. The first-order valence-electron chi connectivity index (χ1n) is 49.4. The van der Waals surface area contributed by atoms with E-state index in [-0.39, 0.29) is 5.97 Å². The first-order valence-corrected chi connectivity index (χ1v) is 131. The highest BCUT2D eigenvalue weighted by Gasteiger charge is 2.49. The Balaban J connectivity index is 5.40. The number of carbonyl (C=O) groups is 1. The zero-order valence-corrected chi connectivity index (χ0v) is 120. The van der Waals surface area contributed by atoms with Crippen LogP contribution in [0.2, 0.25) is 498 Å². The molecule has 0 atom stereocenters. The van der Waals surface area contributed by atoms with Crippen molar-refractivity contribution >= 4 is 222 Å². The Kier molecular flexibility index (Phi) is 50.1. The van der Waals surface area contributed by atoms with E-state index in [1.807, 2.05) is 0 Å². The molecule has 748 valence electrons. The molecule has 0 fully saturated rings. The van der Waals surface area contributed by atoms with Crippen molar-refractivity contribution in [3.05, 3.63) is 12.2 Å². The number of rotatable bonds is 67. The van der Waals surface area contributed by atoms with Crippen LogP contribution in [0.25, 0.3) is 0 Å². The van der Waals surface area contributed by atoms with Gasteiger partial charge in [-0.05, 0) is 511 Å². The molecule has 0 aromatic rings. The molecule has 0 aliphatic heterocycles. The van der Waals surface area contributed by atoms with Crippen LogP contribution in [0.5, 0.6) is 0 Å². The van der Waals surface area contributed by atoms with E-state index in [2.05, 4.69) is 354 Å². The molecule has 0 saturated carbocycles. The number of carbonyl (C=O) groups excluding carboxylic acids is 1. The summed E-state index contributed by atoms with van der Waals surface area (Å²) in [6.07, 6.45) is 0.836. The fraction of sp³-hybridized carbons (Fsp3) is 0.964. The van der Waals surface area contributed by atoms with Crippen LogP contribution in [0.3, 0.4) is 0 Å². The van der Waals surface area contributed by atoms with Crippen LogP contribution in [-0.4, -0.2) is 229 Å². The fourth-order valence-electron chi connectivity index (χ4n) is 19.1. The fourth-order valence-corrected chi connectivity index (χ4v) is 167. The molecule has 0 aromatic heterocycles. The molecule has 0 radical (unpaired) electrons. The van der Waals surface area contributed by atoms with E-state index in [0.29, 0.717) is 12.2 Å². The van der Waals surface area contributed by atoms with Crippen LogP contribution in [0.4, 0.5) is 0 Å². The number of esters is 1. The summed E-state index contributed by atoms with van der Waals surface area (Å²) in [4.78, 5) is 11.9. The predicted octanol–water partition coefficient (Wildman–Crippen LogP) is 32.7. The third-order valence-electron chi connectivity index (χ3n) is 24.7. The molecule has 0 amide bonds. The summed E-state index contributed by atoms with van der Waals surface area (Å²) in [5.74, 6) is -0.302. The lowest BCUT2D eigenvalue weighted by atomic mass is 10.4. The summed E-state index contributed by atoms with van der Waals surface area (Å²) in [6, 6.07) is 29.1. The van der Waals surface area contributed by atoms with E-state index in [4.69, 9.17) is 58.2 Å². The lowest BCUT2D eigenvalue weighted by Crippen LogP contribution is -2.51. The first kappa shape index (κ1) is 129. The van der Waals surface area contributed by atoms with Crippen LogP contribution in [0, 0.1) is 0 Å². The second kappa shape index (κ2) is 48.4. The molecule has 0 unspecified atom stereocenters. The van der Waals surface area contributed by atoms with Gasteiger partial charge < -0.3 is 58.2 Å². The summed E-state index contributed by atoms with van der Waals surface area (Å²) in [5, 5.41) is 0. The lowest BCUT2D eigenvalue weighted by Gasteiger charge is -2.41. The van der Waals surface area contributed by atoms with Crippen molar-refractivity contribution in [1.29, 1.82) is 0 Å². The number of hydrogen-bond acceptors (Lipinski definition) is 15. The van der Waals surface area contributed by atoms with Gasteiger partial charge >= 0.3 is 5.97 Å². The average molecular weight is 2200 g/mol. The molecule has 15 nitrogen and oxygen atoms in total. The maximum absolute atomic E-state index is 11.9. The average Bonchev–Trinajstić information content (AvgIpc) is 0.827. The van der Waals surface area contributed by atoms with Gasteiger partial charge in [0.05, 0.1) is 6.61 Å². The van der Waals surface area contributed by atoms with Gasteiger partial charge in [-0.25, -0.2) is 4.79 Å². The zero-order valence-electron chi connectivity index (χ0n) is 93.9. The maximum Gasteiger partial charge on any atom is 0.333 e. The van der Waals surface area contributed by atoms with Crippen LogP contribution >= 0.6 is 0 Å². The van der Waals surface area contributed by atoms with Crippen molar-refractivity contribution in [2.75, 3.05) is 6.61 Å². The quantitative estimate of drug-likeness (QED) is 0.0246. The Morgan fingerprint density at radius 1 is 0.160 bits per heavy atom. The van der Waals surface area contributed by atoms with E-state index in [9.17, 15) is 4.79 Å². The molecule has 0 spiro atoms. The molecule has 41 heteroatoms. The Bertz CT molecular complexity index is 3190. The Morgan fingerprint density at radius 3 is 0.336 bits per heavy atom. The molecular weight excluding hydrogens is 1980 g/mol. The minimum Gasteiger partial charge on any atom is -0.462 e. The highest BCUT2D eigenvalue weighted by molar-refractivity contribution is 6.96. The van der Waals surface area contributed by atoms with Crippen LogP contribution < -0.4 is 0 Å². The molecule has 0 heterocycles. The minimum absolute atomic E-state index is 0.302. The van der Waals surface area contributed by atoms with Crippen molar-refractivity contribution in [3.63, 3.8) is 0 Å². The van der Waals surface area contributed by atoms with E-state index < -0.39 is 216 Å². The van der Waals surface area contributed by atoms with Gasteiger partial charge in [-0.3, -0.25) is 0 Å². The summed E-state index contributed by atoms with van der Waals surface area (Å²) < 4.78 is 100. The second-order valence-electron chi connectivity index (χ2n) is 55.5. The van der Waals surface area contributed by atoms with Crippen LogP contribution in [0.1, 0.15) is 13.3 Å². The minimum atomic E-state index is -1.96. The summed E-state index contributed by atoms with van der Waals surface area (Å²) in [7, 11) is -49.6. The summed E-state index contributed by atoms with van der Waals surface area (Å²) >= 11 is 0. The van der Waals surface area contributed by atoms with E-state index in [0.717, 1.165) is 48.7 Å². The summed E-state index contributed by atoms with van der Waals surface area (Å²) in [5.41, 5.74) is 0.451. The molecule has 0 saturated heterocycles. The maximum atomic E-state index is 11.9. The van der Waals surface area contributed by atoms with Gasteiger partial charge in [0.2, 0.25) is 0 Å². The normalized spacial score (nSPS) is 15.5. The Hall–Kier alpha value is 4.33. The molecule has 0 aliphatic rings. The molecule has 0 aromatic carbocycles. The van der Waals surface area contributed by atoms with Gasteiger partial charge in [0.15, 0.2) is 216 Å². The topological polar surface area (TPSA) is 146 Å². The van der Waals surface area contributed by atoms with Crippen molar-refractivity contribution in [2.45, 2.75) is 511 Å². The third kappa shape index (κ3) is 64.4. The predicted molar refractivity (Wildman–Crippen MR) is 625 cm³/mol. The van der Waals surface area contributed by atoms with E-state index in [1.165, 1.54) is 109 Å². The van der Waals surface area contributed by atoms with Crippen molar-refractivity contribution in [1.82, 2.24) is 0 Å².